The van der Waals surface area contributed by atoms with Crippen LogP contribution in [0.1, 0.15) is 30.9 Å². The second-order valence-corrected chi connectivity index (χ2v) is 4.60. The van der Waals surface area contributed by atoms with E-state index in [9.17, 15) is 17.6 Å². The number of halogens is 4. The minimum absolute atomic E-state index is 0.000000000000000444. The maximum Gasteiger partial charge on any atom is 0.419 e. The molecule has 5 heteroatoms. The number of rotatable bonds is 2. The van der Waals surface area contributed by atoms with E-state index in [-0.39, 0.29) is 5.56 Å². The highest BCUT2D eigenvalue weighted by atomic mass is 19.4. The average molecular weight is 247 g/mol. The predicted octanol–water partition coefficient (Wildman–Crippen LogP) is 3.22. The zero-order valence-corrected chi connectivity index (χ0v) is 9.31. The van der Waals surface area contributed by atoms with Crippen LogP contribution < -0.4 is 5.73 Å². The van der Waals surface area contributed by atoms with Gasteiger partial charge in [-0.1, -0.05) is 12.1 Å². The zero-order valence-electron chi connectivity index (χ0n) is 9.31. The topological polar surface area (TPSA) is 26.0 Å². The fourth-order valence-electron chi connectivity index (χ4n) is 2.33. The maximum atomic E-state index is 13.4. The summed E-state index contributed by atoms with van der Waals surface area (Å²) in [4.78, 5) is 0. The van der Waals surface area contributed by atoms with Crippen LogP contribution in [-0.4, -0.2) is 6.04 Å². The van der Waals surface area contributed by atoms with Gasteiger partial charge in [0.15, 0.2) is 0 Å². The molecule has 0 amide bonds. The summed E-state index contributed by atoms with van der Waals surface area (Å²) < 4.78 is 52.0. The van der Waals surface area contributed by atoms with E-state index >= 15 is 0 Å². The van der Waals surface area contributed by atoms with Gasteiger partial charge < -0.3 is 5.73 Å². The number of alkyl halides is 3. The molecule has 1 aromatic rings. The van der Waals surface area contributed by atoms with Crippen molar-refractivity contribution in [3.8, 4) is 0 Å². The first-order valence-electron chi connectivity index (χ1n) is 5.41. The van der Waals surface area contributed by atoms with E-state index in [0.717, 1.165) is 6.07 Å². The van der Waals surface area contributed by atoms with Crippen LogP contribution in [0.15, 0.2) is 18.2 Å². The quantitative estimate of drug-likeness (QED) is 0.798. The summed E-state index contributed by atoms with van der Waals surface area (Å²) in [5.41, 5.74) is 3.88. The van der Waals surface area contributed by atoms with Crippen LogP contribution >= 0.6 is 0 Å². The summed E-state index contributed by atoms with van der Waals surface area (Å²) in [5, 5.41) is 0. The highest BCUT2D eigenvalue weighted by Gasteiger charge is 2.52. The Hall–Kier alpha value is -1.10. The van der Waals surface area contributed by atoms with Gasteiger partial charge in [-0.15, -0.1) is 0 Å². The standard InChI is InChI=1S/C12H13F4N/c1-7(17)11(5-6-11)8-3-2-4-9(13)10(8)12(14,15)16/h2-4,7H,5-6,17H2,1H3. The van der Waals surface area contributed by atoms with Crippen molar-refractivity contribution in [3.05, 3.63) is 35.1 Å². The molecule has 1 nitrogen and oxygen atoms in total. The van der Waals surface area contributed by atoms with Crippen LogP contribution in [0.3, 0.4) is 0 Å². The van der Waals surface area contributed by atoms with Gasteiger partial charge in [-0.2, -0.15) is 13.2 Å². The monoisotopic (exact) mass is 247 g/mol. The molecule has 17 heavy (non-hydrogen) atoms. The lowest BCUT2D eigenvalue weighted by molar-refractivity contribution is -0.141. The van der Waals surface area contributed by atoms with Gasteiger partial charge in [-0.05, 0) is 31.4 Å². The molecule has 0 aromatic heterocycles. The van der Waals surface area contributed by atoms with Gasteiger partial charge in [0.2, 0.25) is 0 Å². The molecule has 0 saturated heterocycles. The normalized spacial score (nSPS) is 20.1. The van der Waals surface area contributed by atoms with Gasteiger partial charge >= 0.3 is 6.18 Å². The molecule has 2 rings (SSSR count). The third kappa shape index (κ3) is 1.92. The number of nitrogens with two attached hydrogens (primary N) is 1. The van der Waals surface area contributed by atoms with Crippen LogP contribution in [0.2, 0.25) is 0 Å². The summed E-state index contributed by atoms with van der Waals surface area (Å²) in [6, 6.07) is 3.07. The first-order valence-corrected chi connectivity index (χ1v) is 5.41. The van der Waals surface area contributed by atoms with Crippen molar-refractivity contribution < 1.29 is 17.6 Å². The second-order valence-electron chi connectivity index (χ2n) is 4.60. The Balaban J connectivity index is 2.60. The fourth-order valence-corrected chi connectivity index (χ4v) is 2.33. The van der Waals surface area contributed by atoms with Crippen molar-refractivity contribution in [1.29, 1.82) is 0 Å². The second kappa shape index (κ2) is 3.70. The van der Waals surface area contributed by atoms with E-state index in [1.165, 1.54) is 12.1 Å². The molecule has 1 aliphatic carbocycles. The SMILES string of the molecule is CC(N)C1(c2cccc(F)c2C(F)(F)F)CC1. The van der Waals surface area contributed by atoms with Crippen LogP contribution in [0.25, 0.3) is 0 Å². The van der Waals surface area contributed by atoms with Crippen LogP contribution in [0.4, 0.5) is 17.6 Å². The minimum Gasteiger partial charge on any atom is -0.327 e. The Morgan fingerprint density at radius 3 is 2.29 bits per heavy atom. The molecule has 0 heterocycles. The van der Waals surface area contributed by atoms with Gasteiger partial charge in [0, 0.05) is 11.5 Å². The summed E-state index contributed by atoms with van der Waals surface area (Å²) >= 11 is 0. The Labute approximate surface area is 96.6 Å². The van der Waals surface area contributed by atoms with Gasteiger partial charge in [0.25, 0.3) is 0 Å². The minimum atomic E-state index is -4.68. The number of hydrogen-bond acceptors (Lipinski definition) is 1. The van der Waals surface area contributed by atoms with E-state index < -0.39 is 29.0 Å². The third-order valence-corrected chi connectivity index (χ3v) is 3.49. The highest BCUT2D eigenvalue weighted by molar-refractivity contribution is 5.42. The zero-order chi connectivity index (χ0) is 12.8. The van der Waals surface area contributed by atoms with Crippen molar-refractivity contribution in [2.75, 3.05) is 0 Å². The molecule has 0 radical (unpaired) electrons. The largest absolute Gasteiger partial charge is 0.419 e. The van der Waals surface area contributed by atoms with Crippen molar-refractivity contribution >= 4 is 0 Å². The Kier molecular flexibility index (Phi) is 2.69. The molecule has 1 aliphatic rings. The highest BCUT2D eigenvalue weighted by Crippen LogP contribution is 2.53. The van der Waals surface area contributed by atoms with Gasteiger partial charge in [0.1, 0.15) is 5.82 Å². The van der Waals surface area contributed by atoms with Crippen LogP contribution in [-0.2, 0) is 11.6 Å². The van der Waals surface area contributed by atoms with E-state index in [4.69, 9.17) is 5.73 Å². The van der Waals surface area contributed by atoms with Gasteiger partial charge in [-0.3, -0.25) is 0 Å². The molecule has 0 aliphatic heterocycles. The summed E-state index contributed by atoms with van der Waals surface area (Å²) in [6.07, 6.45) is -3.51. The summed E-state index contributed by atoms with van der Waals surface area (Å²) in [7, 11) is 0. The molecule has 0 spiro atoms. The Bertz CT molecular complexity index is 433. The van der Waals surface area contributed by atoms with E-state index in [1.54, 1.807) is 6.92 Å². The summed E-state index contributed by atoms with van der Waals surface area (Å²) in [5.74, 6) is -1.22. The van der Waals surface area contributed by atoms with Crippen LogP contribution in [0, 0.1) is 5.82 Å². The Morgan fingerprint density at radius 2 is 1.88 bits per heavy atom. The average Bonchev–Trinajstić information content (AvgIpc) is 2.95. The van der Waals surface area contributed by atoms with E-state index in [2.05, 4.69) is 0 Å². The van der Waals surface area contributed by atoms with E-state index in [1.807, 2.05) is 0 Å². The lowest BCUT2D eigenvalue weighted by Crippen LogP contribution is -2.33. The van der Waals surface area contributed by atoms with Crippen molar-refractivity contribution in [3.63, 3.8) is 0 Å². The first-order chi connectivity index (χ1) is 7.79. The third-order valence-electron chi connectivity index (χ3n) is 3.49. The molecular weight excluding hydrogens is 234 g/mol. The van der Waals surface area contributed by atoms with Crippen LogP contribution in [0.5, 0.6) is 0 Å². The molecule has 2 N–H and O–H groups in total. The lowest BCUT2D eigenvalue weighted by Gasteiger charge is -2.24. The van der Waals surface area contributed by atoms with Gasteiger partial charge in [0.05, 0.1) is 5.56 Å². The molecule has 1 aromatic carbocycles. The Morgan fingerprint density at radius 1 is 1.29 bits per heavy atom. The molecule has 94 valence electrons. The smallest absolute Gasteiger partial charge is 0.327 e. The molecule has 1 fully saturated rings. The fraction of sp³-hybridized carbons (Fsp3) is 0.500. The first kappa shape index (κ1) is 12.4. The molecule has 1 saturated carbocycles. The van der Waals surface area contributed by atoms with Gasteiger partial charge in [-0.25, -0.2) is 4.39 Å². The molecule has 0 bridgehead atoms. The lowest BCUT2D eigenvalue weighted by atomic mass is 9.85. The number of benzene rings is 1. The van der Waals surface area contributed by atoms with Crippen molar-refractivity contribution in [2.24, 2.45) is 5.73 Å². The summed E-state index contributed by atoms with van der Waals surface area (Å²) in [6.45, 7) is 1.66. The predicted molar refractivity (Wildman–Crippen MR) is 56.0 cm³/mol. The molecule has 1 unspecified atom stereocenters. The van der Waals surface area contributed by atoms with Crippen molar-refractivity contribution in [2.45, 2.75) is 37.4 Å². The number of hydrogen-bond donors (Lipinski definition) is 1. The van der Waals surface area contributed by atoms with Crippen molar-refractivity contribution in [1.82, 2.24) is 0 Å². The van der Waals surface area contributed by atoms with E-state index in [0.29, 0.717) is 12.8 Å². The molecule has 1 atom stereocenters. The maximum absolute atomic E-state index is 13.4. The molecular formula is C12H13F4N.